The van der Waals surface area contributed by atoms with E-state index in [1.807, 2.05) is 11.4 Å². The van der Waals surface area contributed by atoms with Gasteiger partial charge in [0, 0.05) is 24.9 Å². The molecule has 0 aliphatic rings. The van der Waals surface area contributed by atoms with Crippen LogP contribution in [0.15, 0.2) is 23.8 Å². The minimum Gasteiger partial charge on any atom is -0.496 e. The summed E-state index contributed by atoms with van der Waals surface area (Å²) < 4.78 is 5.23. The largest absolute Gasteiger partial charge is 0.496 e. The van der Waals surface area contributed by atoms with E-state index in [0.717, 1.165) is 16.5 Å². The molecule has 0 aliphatic carbocycles. The molecule has 0 spiro atoms. The van der Waals surface area contributed by atoms with Crippen molar-refractivity contribution in [2.24, 2.45) is 5.73 Å². The van der Waals surface area contributed by atoms with Crippen molar-refractivity contribution >= 4 is 11.3 Å². The number of rotatable bonds is 4. The Morgan fingerprint density at radius 1 is 1.67 bits per heavy atom. The van der Waals surface area contributed by atoms with Crippen LogP contribution in [-0.2, 0) is 6.42 Å². The lowest BCUT2D eigenvalue weighted by molar-refractivity contribution is 0.408. The van der Waals surface area contributed by atoms with E-state index in [0.29, 0.717) is 6.42 Å². The molecule has 0 aliphatic heterocycles. The number of nitrogens with two attached hydrogens (primary N) is 1. The van der Waals surface area contributed by atoms with Crippen LogP contribution in [0.3, 0.4) is 0 Å². The molecule has 15 heavy (non-hydrogen) atoms. The fraction of sp³-hybridized carbons (Fsp3) is 0.300. The van der Waals surface area contributed by atoms with Crippen LogP contribution in [0.2, 0.25) is 0 Å². The van der Waals surface area contributed by atoms with Crippen LogP contribution < -0.4 is 10.5 Å². The highest BCUT2D eigenvalue weighted by atomic mass is 32.1. The molecule has 0 radical (unpaired) electrons. The summed E-state index contributed by atoms with van der Waals surface area (Å²) in [5, 5.41) is 1.98. The summed E-state index contributed by atoms with van der Waals surface area (Å²) >= 11 is 1.61. The average Bonchev–Trinajstić information content (AvgIpc) is 2.86. The number of ether oxygens (including phenoxy) is 1. The molecule has 2 aromatic rings. The van der Waals surface area contributed by atoms with Crippen LogP contribution in [-0.4, -0.2) is 17.1 Å². The van der Waals surface area contributed by atoms with Gasteiger partial charge in [-0.1, -0.05) is 0 Å². The van der Waals surface area contributed by atoms with E-state index in [4.69, 9.17) is 10.5 Å². The topological polar surface area (TPSA) is 63.9 Å². The first-order valence-corrected chi connectivity index (χ1v) is 5.54. The second-order valence-corrected chi connectivity index (χ2v) is 4.15. The molecule has 0 saturated heterocycles. The van der Waals surface area contributed by atoms with Gasteiger partial charge in [0.05, 0.1) is 12.0 Å². The second kappa shape index (κ2) is 4.46. The second-order valence-electron chi connectivity index (χ2n) is 3.20. The van der Waals surface area contributed by atoms with Gasteiger partial charge >= 0.3 is 0 Å². The Balaban J connectivity index is 2.11. The lowest BCUT2D eigenvalue weighted by atomic mass is 10.1. The third kappa shape index (κ3) is 2.19. The molecule has 2 rings (SSSR count). The predicted molar refractivity (Wildman–Crippen MR) is 60.1 cm³/mol. The van der Waals surface area contributed by atoms with E-state index >= 15 is 0 Å². The Hall–Kier alpha value is -1.33. The number of nitrogens with zero attached hydrogens (tertiary/aromatic N) is 1. The zero-order valence-electron chi connectivity index (χ0n) is 8.43. The number of hydrogen-bond acceptors (Lipinski definition) is 4. The summed E-state index contributed by atoms with van der Waals surface area (Å²) in [5.41, 5.74) is 6.08. The molecule has 1 unspecified atom stereocenters. The fourth-order valence-electron chi connectivity index (χ4n) is 1.46. The maximum absolute atomic E-state index is 6.08. The third-order valence-corrected chi connectivity index (χ3v) is 3.21. The van der Waals surface area contributed by atoms with Crippen LogP contribution in [0, 0.1) is 0 Å². The van der Waals surface area contributed by atoms with Gasteiger partial charge in [-0.15, -0.1) is 11.3 Å². The Morgan fingerprint density at radius 2 is 2.53 bits per heavy atom. The molecule has 1 atom stereocenters. The molecular weight excluding hydrogens is 210 g/mol. The van der Waals surface area contributed by atoms with Gasteiger partial charge in [-0.25, -0.2) is 4.98 Å². The Labute approximate surface area is 92.1 Å². The standard InChI is InChI=1S/C10H13N3OS/c1-14-8-2-5-15-10(8)7(11)6-9-12-3-4-13-9/h2-5,7H,6,11H2,1H3,(H,12,13). The zero-order chi connectivity index (χ0) is 10.7. The van der Waals surface area contributed by atoms with Crippen molar-refractivity contribution in [1.82, 2.24) is 9.97 Å². The van der Waals surface area contributed by atoms with Crippen molar-refractivity contribution in [1.29, 1.82) is 0 Å². The molecule has 0 aromatic carbocycles. The fourth-order valence-corrected chi connectivity index (χ4v) is 2.32. The van der Waals surface area contributed by atoms with Crippen LogP contribution >= 0.6 is 11.3 Å². The van der Waals surface area contributed by atoms with Gasteiger partial charge in [0.2, 0.25) is 0 Å². The molecule has 0 fully saturated rings. The van der Waals surface area contributed by atoms with Crippen molar-refractivity contribution in [2.75, 3.05) is 7.11 Å². The van der Waals surface area contributed by atoms with Crippen molar-refractivity contribution in [3.8, 4) is 5.75 Å². The maximum atomic E-state index is 6.08. The van der Waals surface area contributed by atoms with Crippen LogP contribution in [0.5, 0.6) is 5.75 Å². The first-order chi connectivity index (χ1) is 7.31. The number of imidazole rings is 1. The summed E-state index contributed by atoms with van der Waals surface area (Å²) in [5.74, 6) is 1.76. The van der Waals surface area contributed by atoms with Gasteiger partial charge in [-0.05, 0) is 11.4 Å². The number of aromatic nitrogens is 2. The average molecular weight is 223 g/mol. The van der Waals surface area contributed by atoms with Crippen LogP contribution in [0.25, 0.3) is 0 Å². The van der Waals surface area contributed by atoms with Gasteiger partial charge in [0.1, 0.15) is 11.6 Å². The van der Waals surface area contributed by atoms with Gasteiger partial charge < -0.3 is 15.5 Å². The molecule has 0 amide bonds. The van der Waals surface area contributed by atoms with E-state index in [-0.39, 0.29) is 6.04 Å². The van der Waals surface area contributed by atoms with Gasteiger partial charge in [0.25, 0.3) is 0 Å². The zero-order valence-corrected chi connectivity index (χ0v) is 9.25. The first-order valence-electron chi connectivity index (χ1n) is 4.66. The van der Waals surface area contributed by atoms with Crippen molar-refractivity contribution in [3.63, 3.8) is 0 Å². The number of hydrogen-bond donors (Lipinski definition) is 2. The van der Waals surface area contributed by atoms with E-state index in [1.54, 1.807) is 30.8 Å². The lowest BCUT2D eigenvalue weighted by Crippen LogP contribution is -2.13. The maximum Gasteiger partial charge on any atom is 0.134 e. The first kappa shape index (κ1) is 10.2. The summed E-state index contributed by atoms with van der Waals surface area (Å²) in [6.07, 6.45) is 4.23. The van der Waals surface area contributed by atoms with Crippen molar-refractivity contribution in [2.45, 2.75) is 12.5 Å². The van der Waals surface area contributed by atoms with Crippen molar-refractivity contribution < 1.29 is 4.74 Å². The third-order valence-electron chi connectivity index (χ3n) is 2.18. The minimum absolute atomic E-state index is 0.0638. The van der Waals surface area contributed by atoms with E-state index in [2.05, 4.69) is 9.97 Å². The molecule has 2 heterocycles. The minimum atomic E-state index is -0.0638. The molecule has 4 nitrogen and oxygen atoms in total. The summed E-state index contributed by atoms with van der Waals surface area (Å²) in [6.45, 7) is 0. The number of methoxy groups -OCH3 is 1. The highest BCUT2D eigenvalue weighted by Gasteiger charge is 2.14. The van der Waals surface area contributed by atoms with Gasteiger partial charge in [-0.2, -0.15) is 0 Å². The van der Waals surface area contributed by atoms with E-state index in [1.165, 1.54) is 0 Å². The predicted octanol–water partition coefficient (Wildman–Crippen LogP) is 1.72. The molecular formula is C10H13N3OS. The number of H-pyrrole nitrogens is 1. The van der Waals surface area contributed by atoms with E-state index in [9.17, 15) is 0 Å². The summed E-state index contributed by atoms with van der Waals surface area (Å²) in [6, 6.07) is 1.87. The van der Waals surface area contributed by atoms with Gasteiger partial charge in [0.15, 0.2) is 0 Å². The van der Waals surface area contributed by atoms with E-state index < -0.39 is 0 Å². The number of thiophene rings is 1. The Bertz CT molecular complexity index is 410. The highest BCUT2D eigenvalue weighted by Crippen LogP contribution is 2.30. The monoisotopic (exact) mass is 223 g/mol. The summed E-state index contributed by atoms with van der Waals surface area (Å²) in [4.78, 5) is 8.25. The smallest absolute Gasteiger partial charge is 0.134 e. The van der Waals surface area contributed by atoms with Crippen LogP contribution in [0.4, 0.5) is 0 Å². The SMILES string of the molecule is COc1ccsc1C(N)Cc1ncc[nH]1. The molecule has 5 heteroatoms. The van der Waals surface area contributed by atoms with Gasteiger partial charge in [-0.3, -0.25) is 0 Å². The Morgan fingerprint density at radius 3 is 3.20 bits per heavy atom. The number of nitrogens with one attached hydrogen (secondary N) is 1. The lowest BCUT2D eigenvalue weighted by Gasteiger charge is -2.09. The molecule has 2 aromatic heterocycles. The van der Waals surface area contributed by atoms with Crippen LogP contribution in [0.1, 0.15) is 16.7 Å². The molecule has 0 bridgehead atoms. The normalized spacial score (nSPS) is 12.7. The quantitative estimate of drug-likeness (QED) is 0.829. The number of aromatic amines is 1. The van der Waals surface area contributed by atoms with Crippen molar-refractivity contribution in [3.05, 3.63) is 34.5 Å². The molecule has 3 N–H and O–H groups in total. The highest BCUT2D eigenvalue weighted by molar-refractivity contribution is 7.10. The molecule has 80 valence electrons. The Kier molecular flexibility index (Phi) is 3.03. The summed E-state index contributed by atoms with van der Waals surface area (Å²) in [7, 11) is 1.66. The molecule has 0 saturated carbocycles.